The standard InChI is InChI=1S/C20H19F2NO5/c1-4-26-19(24)17-12(2)28-16-8-7-14(10-15(16)17)27-11-13-6-5-9-23-18(13)20(21,22)25-3/h5-10H,4,11H2,1-3H3. The Hall–Kier alpha value is -3.00. The maximum Gasteiger partial charge on any atom is 0.400 e. The first-order chi connectivity index (χ1) is 13.4. The van der Waals surface area contributed by atoms with E-state index in [1.54, 1.807) is 32.0 Å². The van der Waals surface area contributed by atoms with Crippen LogP contribution >= 0.6 is 0 Å². The average Bonchev–Trinajstić information content (AvgIpc) is 3.01. The van der Waals surface area contributed by atoms with E-state index in [4.69, 9.17) is 13.9 Å². The van der Waals surface area contributed by atoms with E-state index in [1.165, 1.54) is 18.3 Å². The topological polar surface area (TPSA) is 70.8 Å². The van der Waals surface area contributed by atoms with Crippen molar-refractivity contribution in [3.8, 4) is 5.75 Å². The average molecular weight is 391 g/mol. The van der Waals surface area contributed by atoms with Gasteiger partial charge in [0.1, 0.15) is 35.0 Å². The van der Waals surface area contributed by atoms with Gasteiger partial charge in [0.2, 0.25) is 0 Å². The fourth-order valence-electron chi connectivity index (χ4n) is 2.82. The van der Waals surface area contributed by atoms with Crippen molar-refractivity contribution in [2.45, 2.75) is 26.6 Å². The van der Waals surface area contributed by atoms with Crippen molar-refractivity contribution in [3.63, 3.8) is 0 Å². The lowest BCUT2D eigenvalue weighted by molar-refractivity contribution is -0.235. The molecule has 0 radical (unpaired) electrons. The molecule has 148 valence electrons. The second-order valence-electron chi connectivity index (χ2n) is 5.93. The number of rotatable bonds is 7. The molecule has 0 aliphatic heterocycles. The van der Waals surface area contributed by atoms with Gasteiger partial charge < -0.3 is 18.6 Å². The van der Waals surface area contributed by atoms with Gasteiger partial charge in [-0.3, -0.25) is 4.98 Å². The predicted octanol–water partition coefficient (Wildman–Crippen LogP) is 4.59. The van der Waals surface area contributed by atoms with E-state index in [9.17, 15) is 13.6 Å². The monoisotopic (exact) mass is 391 g/mol. The third kappa shape index (κ3) is 3.82. The van der Waals surface area contributed by atoms with Crippen LogP contribution in [0.25, 0.3) is 11.0 Å². The number of aryl methyl sites for hydroxylation is 1. The SMILES string of the molecule is CCOC(=O)c1c(C)oc2ccc(OCc3cccnc3C(F)(F)OC)cc12. The van der Waals surface area contributed by atoms with Crippen LogP contribution in [-0.2, 0) is 22.2 Å². The first-order valence-corrected chi connectivity index (χ1v) is 8.57. The second-order valence-corrected chi connectivity index (χ2v) is 5.93. The van der Waals surface area contributed by atoms with Crippen molar-refractivity contribution >= 4 is 16.9 Å². The van der Waals surface area contributed by atoms with Gasteiger partial charge in [0.25, 0.3) is 0 Å². The van der Waals surface area contributed by atoms with Gasteiger partial charge in [-0.05, 0) is 38.1 Å². The summed E-state index contributed by atoms with van der Waals surface area (Å²) < 4.78 is 48.3. The molecule has 0 bridgehead atoms. The number of carbonyl (C=O) groups excluding carboxylic acids is 1. The zero-order chi connectivity index (χ0) is 20.3. The van der Waals surface area contributed by atoms with E-state index in [-0.39, 0.29) is 18.8 Å². The van der Waals surface area contributed by atoms with Crippen molar-refractivity contribution in [1.82, 2.24) is 4.98 Å². The molecule has 2 heterocycles. The largest absolute Gasteiger partial charge is 0.489 e. The summed E-state index contributed by atoms with van der Waals surface area (Å²) in [7, 11) is 0.908. The van der Waals surface area contributed by atoms with Crippen LogP contribution in [0.5, 0.6) is 5.75 Å². The van der Waals surface area contributed by atoms with Crippen LogP contribution in [0.2, 0.25) is 0 Å². The smallest absolute Gasteiger partial charge is 0.400 e. The highest BCUT2D eigenvalue weighted by Crippen LogP contribution is 2.32. The van der Waals surface area contributed by atoms with Crippen LogP contribution in [-0.4, -0.2) is 24.7 Å². The van der Waals surface area contributed by atoms with Gasteiger partial charge in [0.15, 0.2) is 0 Å². The molecule has 0 fully saturated rings. The number of alkyl halides is 2. The molecule has 0 aliphatic carbocycles. The fraction of sp³-hybridized carbons (Fsp3) is 0.300. The molecule has 0 aliphatic rings. The molecule has 8 heteroatoms. The number of benzene rings is 1. The summed E-state index contributed by atoms with van der Waals surface area (Å²) in [6.07, 6.45) is -2.26. The van der Waals surface area contributed by atoms with Gasteiger partial charge in [0, 0.05) is 24.3 Å². The minimum absolute atomic E-state index is 0.154. The Morgan fingerprint density at radius 2 is 2.07 bits per heavy atom. The lowest BCUT2D eigenvalue weighted by Gasteiger charge is -2.17. The summed E-state index contributed by atoms with van der Waals surface area (Å²) in [4.78, 5) is 15.9. The molecule has 3 rings (SSSR count). The van der Waals surface area contributed by atoms with Crippen LogP contribution in [0.1, 0.15) is 34.3 Å². The zero-order valence-corrected chi connectivity index (χ0v) is 15.6. The minimum Gasteiger partial charge on any atom is -0.489 e. The lowest BCUT2D eigenvalue weighted by atomic mass is 10.1. The number of hydrogen-bond donors (Lipinski definition) is 0. The number of pyridine rings is 1. The minimum atomic E-state index is -3.53. The Balaban J connectivity index is 1.89. The van der Waals surface area contributed by atoms with Gasteiger partial charge >= 0.3 is 12.1 Å². The van der Waals surface area contributed by atoms with Gasteiger partial charge in [-0.25, -0.2) is 4.79 Å². The number of fused-ring (bicyclic) bond motifs is 1. The van der Waals surface area contributed by atoms with Gasteiger partial charge in [-0.2, -0.15) is 8.78 Å². The fourth-order valence-corrected chi connectivity index (χ4v) is 2.82. The Labute approximate surface area is 160 Å². The quantitative estimate of drug-likeness (QED) is 0.549. The third-order valence-corrected chi connectivity index (χ3v) is 4.13. The van der Waals surface area contributed by atoms with Gasteiger partial charge in [0.05, 0.1) is 6.61 Å². The maximum absolute atomic E-state index is 13.9. The van der Waals surface area contributed by atoms with Crippen LogP contribution in [0.4, 0.5) is 8.78 Å². The first kappa shape index (κ1) is 19.8. The van der Waals surface area contributed by atoms with Crippen molar-refractivity contribution < 1.29 is 32.2 Å². The summed E-state index contributed by atoms with van der Waals surface area (Å²) in [6.45, 7) is 3.46. The van der Waals surface area contributed by atoms with E-state index in [0.29, 0.717) is 28.0 Å². The van der Waals surface area contributed by atoms with E-state index < -0.39 is 17.8 Å². The molecule has 0 saturated carbocycles. The van der Waals surface area contributed by atoms with Crippen molar-refractivity contribution in [3.05, 3.63) is 59.1 Å². The number of aromatic nitrogens is 1. The third-order valence-electron chi connectivity index (χ3n) is 4.13. The highest BCUT2D eigenvalue weighted by Gasteiger charge is 2.35. The summed E-state index contributed by atoms with van der Waals surface area (Å²) >= 11 is 0. The number of esters is 1. The number of hydrogen-bond acceptors (Lipinski definition) is 6. The first-order valence-electron chi connectivity index (χ1n) is 8.57. The predicted molar refractivity (Wildman–Crippen MR) is 96.4 cm³/mol. The molecule has 0 N–H and O–H groups in total. The molecule has 0 atom stereocenters. The molecule has 6 nitrogen and oxygen atoms in total. The lowest BCUT2D eigenvalue weighted by Crippen LogP contribution is -2.20. The Kier molecular flexibility index (Phi) is 5.60. The van der Waals surface area contributed by atoms with Gasteiger partial charge in [-0.1, -0.05) is 6.07 Å². The summed E-state index contributed by atoms with van der Waals surface area (Å²) in [5.74, 6) is 0.319. The number of methoxy groups -OCH3 is 1. The molecule has 1 aromatic carbocycles. The van der Waals surface area contributed by atoms with Gasteiger partial charge in [-0.15, -0.1) is 0 Å². The van der Waals surface area contributed by atoms with Crippen LogP contribution in [0.3, 0.4) is 0 Å². The van der Waals surface area contributed by atoms with E-state index in [1.807, 2.05) is 0 Å². The molecule has 0 saturated heterocycles. The highest BCUT2D eigenvalue weighted by molar-refractivity contribution is 6.04. The van der Waals surface area contributed by atoms with E-state index in [2.05, 4.69) is 9.72 Å². The summed E-state index contributed by atoms with van der Waals surface area (Å²) in [5, 5.41) is 0.530. The Morgan fingerprint density at radius 1 is 1.29 bits per heavy atom. The number of furan rings is 1. The number of carbonyl (C=O) groups is 1. The number of ether oxygens (including phenoxy) is 3. The Bertz CT molecular complexity index is 999. The molecule has 0 amide bonds. The molecular weight excluding hydrogens is 372 g/mol. The summed E-state index contributed by atoms with van der Waals surface area (Å²) in [6, 6.07) is 7.91. The normalized spacial score (nSPS) is 11.6. The van der Waals surface area contributed by atoms with Crippen molar-refractivity contribution in [2.24, 2.45) is 0 Å². The molecule has 0 unspecified atom stereocenters. The number of halogens is 2. The van der Waals surface area contributed by atoms with E-state index in [0.717, 1.165) is 7.11 Å². The van der Waals surface area contributed by atoms with Crippen LogP contribution in [0.15, 0.2) is 40.9 Å². The second kappa shape index (κ2) is 7.93. The molecule has 2 aromatic heterocycles. The Morgan fingerprint density at radius 3 is 2.79 bits per heavy atom. The maximum atomic E-state index is 13.9. The molecule has 28 heavy (non-hydrogen) atoms. The molecular formula is C20H19F2NO5. The van der Waals surface area contributed by atoms with Crippen molar-refractivity contribution in [2.75, 3.05) is 13.7 Å². The van der Waals surface area contributed by atoms with Crippen molar-refractivity contribution in [1.29, 1.82) is 0 Å². The highest BCUT2D eigenvalue weighted by atomic mass is 19.3. The summed E-state index contributed by atoms with van der Waals surface area (Å²) in [5.41, 5.74) is 0.490. The number of nitrogens with zero attached hydrogens (tertiary/aromatic N) is 1. The zero-order valence-electron chi connectivity index (χ0n) is 15.6. The molecule has 0 spiro atoms. The van der Waals surface area contributed by atoms with E-state index >= 15 is 0 Å². The van der Waals surface area contributed by atoms with Crippen LogP contribution < -0.4 is 4.74 Å². The molecule has 3 aromatic rings. The van der Waals surface area contributed by atoms with Crippen LogP contribution in [0, 0.1) is 6.92 Å².